The summed E-state index contributed by atoms with van der Waals surface area (Å²) in [5, 5.41) is 22.9. The highest BCUT2D eigenvalue weighted by Crippen LogP contribution is 2.34. The Morgan fingerprint density at radius 3 is 2.43 bits per heavy atom. The average Bonchev–Trinajstić information content (AvgIpc) is 3.93. The van der Waals surface area contributed by atoms with Crippen molar-refractivity contribution in [1.29, 1.82) is 5.26 Å². The van der Waals surface area contributed by atoms with E-state index in [2.05, 4.69) is 51.6 Å². The van der Waals surface area contributed by atoms with Crippen LogP contribution in [0.1, 0.15) is 45.2 Å². The second-order valence-electron chi connectivity index (χ2n) is 12.6. The fourth-order valence-electron chi connectivity index (χ4n) is 6.49. The Hall–Kier alpha value is -5.45. The van der Waals surface area contributed by atoms with Crippen LogP contribution in [0.15, 0.2) is 102 Å². The molecule has 2 aromatic carbocycles. The summed E-state index contributed by atoms with van der Waals surface area (Å²) >= 11 is 0. The molecular weight excluding hydrogens is 646 g/mol. The average molecular weight is 692 g/mol. The first-order valence-corrected chi connectivity index (χ1v) is 17.5. The minimum Gasteiger partial charge on any atom is -0.491 e. The first-order valence-electron chi connectivity index (χ1n) is 17.5. The lowest BCUT2D eigenvalue weighted by Crippen LogP contribution is -2.46. The molecule has 4 heterocycles. The molecule has 0 bridgehead atoms. The van der Waals surface area contributed by atoms with Gasteiger partial charge in [-0.2, -0.15) is 25.4 Å². The van der Waals surface area contributed by atoms with Crippen LogP contribution >= 0.6 is 0 Å². The Morgan fingerprint density at radius 2 is 1.75 bits per heavy atom. The van der Waals surface area contributed by atoms with Gasteiger partial charge in [-0.05, 0) is 62.2 Å². The second kappa shape index (κ2) is 16.1. The van der Waals surface area contributed by atoms with E-state index in [1.807, 2.05) is 67.6 Å². The largest absolute Gasteiger partial charge is 0.491 e. The Labute approximate surface area is 298 Å². The van der Waals surface area contributed by atoms with Crippen molar-refractivity contribution in [3.8, 4) is 17.5 Å². The molecule has 4 aromatic rings. The molecule has 0 N–H and O–H groups in total. The third-order valence-corrected chi connectivity index (χ3v) is 9.39. The number of nitriles is 1. The molecular formula is C38H45N9O4. The monoisotopic (exact) mass is 691 g/mol. The van der Waals surface area contributed by atoms with Crippen molar-refractivity contribution in [2.24, 2.45) is 0 Å². The topological polar surface area (TPSA) is 128 Å². The van der Waals surface area contributed by atoms with Crippen LogP contribution in [0.4, 0.5) is 11.4 Å². The number of hydrogen-bond donors (Lipinski definition) is 0. The van der Waals surface area contributed by atoms with E-state index < -0.39 is 5.79 Å². The van der Waals surface area contributed by atoms with Gasteiger partial charge in [0.05, 0.1) is 42.0 Å². The summed E-state index contributed by atoms with van der Waals surface area (Å²) < 4.78 is 21.9. The van der Waals surface area contributed by atoms with Gasteiger partial charge in [0.15, 0.2) is 0 Å². The number of ether oxygens (including phenoxy) is 3. The number of nitrogens with zero attached hydrogens (tertiary/aromatic N) is 9. The van der Waals surface area contributed by atoms with Gasteiger partial charge in [-0.25, -0.2) is 14.0 Å². The molecule has 0 spiro atoms. The van der Waals surface area contributed by atoms with Crippen LogP contribution in [0.2, 0.25) is 0 Å². The van der Waals surface area contributed by atoms with E-state index in [0.29, 0.717) is 23.5 Å². The summed E-state index contributed by atoms with van der Waals surface area (Å²) in [6.45, 7) is 14.2. The molecule has 2 aliphatic rings. The lowest BCUT2D eigenvalue weighted by molar-refractivity contribution is -0.151. The number of rotatable bonds is 14. The summed E-state index contributed by atoms with van der Waals surface area (Å²) in [6, 6.07) is 16.1. The van der Waals surface area contributed by atoms with Gasteiger partial charge in [0, 0.05) is 37.4 Å². The molecule has 266 valence electrons. The molecule has 0 saturated carbocycles. The Kier molecular flexibility index (Phi) is 11.1. The summed E-state index contributed by atoms with van der Waals surface area (Å²) in [7, 11) is 0. The van der Waals surface area contributed by atoms with E-state index in [9.17, 15) is 10.1 Å². The van der Waals surface area contributed by atoms with Gasteiger partial charge in [0.25, 0.3) is 0 Å². The maximum absolute atomic E-state index is 13.0. The zero-order chi connectivity index (χ0) is 35.8. The molecule has 2 aromatic heterocycles. The highest BCUT2D eigenvalue weighted by atomic mass is 16.8. The molecule has 51 heavy (non-hydrogen) atoms. The van der Waals surface area contributed by atoms with E-state index in [0.717, 1.165) is 56.1 Å². The number of benzene rings is 2. The standard InChI is InChI=1S/C38H45N9O4/c1-5-8-9-10-29(4)38(27-46-40-17-18-41-46)50-26-35(51-38)25-49-34-15-16-36(30(23-34)24-39)44-21-19-43(20-22-44)32-11-13-33(14-12-32)45-28-42-47(37(45)48)31(6-2)7-3/h5,8-18,23,28,31,35H,4,6-7,19-22,25-27H2,1-3H3/b8-5-,10-9-/t35-,38-/m1/s1. The highest BCUT2D eigenvalue weighted by molar-refractivity contribution is 5.63. The van der Waals surface area contributed by atoms with E-state index in [1.165, 1.54) is 4.80 Å². The number of anilines is 2. The summed E-state index contributed by atoms with van der Waals surface area (Å²) in [4.78, 5) is 19.0. The van der Waals surface area contributed by atoms with Crippen molar-refractivity contribution in [3.05, 3.63) is 114 Å². The van der Waals surface area contributed by atoms with Crippen LogP contribution in [0.25, 0.3) is 5.69 Å². The minimum atomic E-state index is -1.13. The lowest BCUT2D eigenvalue weighted by Gasteiger charge is -2.37. The number of hydrogen-bond acceptors (Lipinski definition) is 10. The van der Waals surface area contributed by atoms with Crippen LogP contribution in [-0.4, -0.2) is 80.6 Å². The fourth-order valence-corrected chi connectivity index (χ4v) is 6.49. The van der Waals surface area contributed by atoms with E-state index in [4.69, 9.17) is 14.2 Å². The zero-order valence-corrected chi connectivity index (χ0v) is 29.5. The van der Waals surface area contributed by atoms with Crippen LogP contribution in [0.3, 0.4) is 0 Å². The molecule has 0 unspecified atom stereocenters. The van der Waals surface area contributed by atoms with Crippen molar-refractivity contribution in [2.45, 2.75) is 58.1 Å². The van der Waals surface area contributed by atoms with Gasteiger partial charge >= 0.3 is 5.69 Å². The second-order valence-corrected chi connectivity index (χ2v) is 12.6. The maximum Gasteiger partial charge on any atom is 0.350 e. The van der Waals surface area contributed by atoms with Crippen molar-refractivity contribution < 1.29 is 14.2 Å². The predicted octanol–water partition coefficient (Wildman–Crippen LogP) is 5.06. The maximum atomic E-state index is 13.0. The Bertz CT molecular complexity index is 1930. The van der Waals surface area contributed by atoms with Crippen LogP contribution in [0, 0.1) is 11.3 Å². The van der Waals surface area contributed by atoms with Crippen molar-refractivity contribution in [3.63, 3.8) is 0 Å². The zero-order valence-electron chi connectivity index (χ0n) is 29.5. The molecule has 0 radical (unpaired) electrons. The first kappa shape index (κ1) is 35.4. The third kappa shape index (κ3) is 7.82. The van der Waals surface area contributed by atoms with Gasteiger partial charge in [-0.3, -0.25) is 0 Å². The van der Waals surface area contributed by atoms with E-state index in [1.54, 1.807) is 34.0 Å². The molecule has 2 aliphatic heterocycles. The Balaban J connectivity index is 1.05. The van der Waals surface area contributed by atoms with Gasteiger partial charge in [-0.15, -0.1) is 0 Å². The molecule has 2 fully saturated rings. The van der Waals surface area contributed by atoms with Crippen molar-refractivity contribution >= 4 is 11.4 Å². The van der Waals surface area contributed by atoms with Crippen molar-refractivity contribution in [2.75, 3.05) is 49.2 Å². The van der Waals surface area contributed by atoms with Gasteiger partial charge in [0.1, 0.15) is 37.4 Å². The molecule has 0 aliphatic carbocycles. The van der Waals surface area contributed by atoms with Gasteiger partial charge in [0.2, 0.25) is 5.79 Å². The first-order chi connectivity index (χ1) is 24.9. The van der Waals surface area contributed by atoms with E-state index >= 15 is 0 Å². The summed E-state index contributed by atoms with van der Waals surface area (Å²) in [5.74, 6) is -0.548. The number of allylic oxidation sites excluding steroid dienone is 3. The van der Waals surface area contributed by atoms with Gasteiger partial charge in [-0.1, -0.05) is 44.7 Å². The summed E-state index contributed by atoms with van der Waals surface area (Å²) in [5.41, 5.74) is 3.83. The highest BCUT2D eigenvalue weighted by Gasteiger charge is 2.44. The Morgan fingerprint density at radius 1 is 1.04 bits per heavy atom. The predicted molar refractivity (Wildman–Crippen MR) is 195 cm³/mol. The van der Waals surface area contributed by atoms with E-state index in [-0.39, 0.29) is 31.0 Å². The van der Waals surface area contributed by atoms with Crippen LogP contribution in [0.5, 0.6) is 5.75 Å². The molecule has 13 nitrogen and oxygen atoms in total. The molecule has 2 saturated heterocycles. The quantitative estimate of drug-likeness (QED) is 0.166. The molecule has 13 heteroatoms. The normalized spacial score (nSPS) is 19.4. The SMILES string of the molecule is C=C(/C=C\C=C/C)[C@]1(Cn2nccn2)OC[C@@H](COc2ccc(N3CCN(c4ccc(-n5cnn(C(CC)CC)c5=O)cc4)CC3)c(C#N)c2)O1. The minimum absolute atomic E-state index is 0.0987. The van der Waals surface area contributed by atoms with Crippen LogP contribution < -0.4 is 20.2 Å². The van der Waals surface area contributed by atoms with Crippen LogP contribution in [-0.2, 0) is 16.0 Å². The van der Waals surface area contributed by atoms with Gasteiger partial charge < -0.3 is 24.0 Å². The number of piperazine rings is 1. The summed E-state index contributed by atoms with van der Waals surface area (Å²) in [6.07, 6.45) is 13.7. The lowest BCUT2D eigenvalue weighted by atomic mass is 10.1. The fraction of sp³-hybridized carbons (Fsp3) is 0.395. The molecule has 6 rings (SSSR count). The third-order valence-electron chi connectivity index (χ3n) is 9.39. The number of aromatic nitrogens is 6. The molecule has 2 atom stereocenters. The van der Waals surface area contributed by atoms with Crippen molar-refractivity contribution in [1.82, 2.24) is 29.3 Å². The molecule has 0 amide bonds. The smallest absolute Gasteiger partial charge is 0.350 e.